The van der Waals surface area contributed by atoms with Gasteiger partial charge >= 0.3 is 0 Å². The minimum atomic E-state index is -0.116. The van der Waals surface area contributed by atoms with E-state index in [1.165, 1.54) is 11.3 Å². The van der Waals surface area contributed by atoms with Crippen molar-refractivity contribution in [2.75, 3.05) is 20.3 Å². The van der Waals surface area contributed by atoms with Gasteiger partial charge in [-0.3, -0.25) is 4.79 Å². The number of aliphatic hydroxyl groups is 1. The Kier molecular flexibility index (Phi) is 5.62. The summed E-state index contributed by atoms with van der Waals surface area (Å²) < 4.78 is 5.92. The molecular weight excluding hydrogens is 318 g/mol. The predicted molar refractivity (Wildman–Crippen MR) is 76.4 cm³/mol. The average Bonchev–Trinajstić information content (AvgIpc) is 2.67. The summed E-state index contributed by atoms with van der Waals surface area (Å²) in [4.78, 5) is 12.5. The lowest BCUT2D eigenvalue weighted by Gasteiger charge is -2.23. The van der Waals surface area contributed by atoms with Crippen LogP contribution in [0.15, 0.2) is 9.85 Å². The van der Waals surface area contributed by atoms with Gasteiger partial charge in [-0.15, -0.1) is 11.3 Å². The van der Waals surface area contributed by atoms with E-state index in [-0.39, 0.29) is 17.9 Å². The molecule has 0 bridgehead atoms. The molecule has 4 nitrogen and oxygen atoms in total. The molecule has 0 atom stereocenters. The summed E-state index contributed by atoms with van der Waals surface area (Å²) in [5, 5.41) is 11.8. The van der Waals surface area contributed by atoms with E-state index < -0.39 is 0 Å². The lowest BCUT2D eigenvalue weighted by atomic mass is 9.90. The first-order chi connectivity index (χ1) is 8.39. The highest BCUT2D eigenvalue weighted by Gasteiger charge is 2.20. The fourth-order valence-electron chi connectivity index (χ4n) is 1.40. The highest BCUT2D eigenvalue weighted by atomic mass is 79.9. The van der Waals surface area contributed by atoms with Crippen molar-refractivity contribution in [3.05, 3.63) is 14.7 Å². The number of thiophene rings is 1. The molecule has 0 unspecified atom stereocenters. The zero-order valence-corrected chi connectivity index (χ0v) is 13.2. The highest BCUT2D eigenvalue weighted by molar-refractivity contribution is 9.11. The fraction of sp³-hybridized carbons (Fsp3) is 0.583. The lowest BCUT2D eigenvalue weighted by molar-refractivity contribution is 0.0932. The molecule has 0 aromatic carbocycles. The molecule has 1 heterocycles. The quantitative estimate of drug-likeness (QED) is 0.840. The Bertz CT molecular complexity index is 417. The van der Waals surface area contributed by atoms with Gasteiger partial charge in [-0.2, -0.15) is 0 Å². The van der Waals surface area contributed by atoms with E-state index in [4.69, 9.17) is 9.84 Å². The number of nitrogens with one attached hydrogen (secondary N) is 1. The third-order valence-corrected chi connectivity index (χ3v) is 4.40. The largest absolute Gasteiger partial charge is 0.495 e. The first-order valence-electron chi connectivity index (χ1n) is 5.62. The maximum Gasteiger partial charge on any atom is 0.261 e. The van der Waals surface area contributed by atoms with Gasteiger partial charge in [0.2, 0.25) is 0 Å². The van der Waals surface area contributed by atoms with Crippen LogP contribution in [0.3, 0.4) is 0 Å². The SMILES string of the molecule is COc1cc(C(=O)NCC(C)(C)CCO)sc1Br. The minimum absolute atomic E-state index is 0.108. The maximum absolute atomic E-state index is 11.9. The van der Waals surface area contributed by atoms with Gasteiger partial charge in [0.25, 0.3) is 5.91 Å². The van der Waals surface area contributed by atoms with Crippen molar-refractivity contribution >= 4 is 33.2 Å². The number of rotatable bonds is 6. The smallest absolute Gasteiger partial charge is 0.261 e. The molecule has 0 radical (unpaired) electrons. The zero-order chi connectivity index (χ0) is 13.8. The summed E-state index contributed by atoms with van der Waals surface area (Å²) in [6.45, 7) is 4.67. The molecule has 0 saturated carbocycles. The minimum Gasteiger partial charge on any atom is -0.495 e. The monoisotopic (exact) mass is 335 g/mol. The number of amides is 1. The van der Waals surface area contributed by atoms with Crippen LogP contribution in [0.25, 0.3) is 0 Å². The van der Waals surface area contributed by atoms with E-state index in [0.29, 0.717) is 23.6 Å². The number of hydrogen-bond donors (Lipinski definition) is 2. The number of carbonyl (C=O) groups is 1. The second kappa shape index (κ2) is 6.54. The predicted octanol–water partition coefficient (Wildman–Crippen LogP) is 2.66. The lowest BCUT2D eigenvalue weighted by Crippen LogP contribution is -2.34. The van der Waals surface area contributed by atoms with E-state index in [0.717, 1.165) is 3.79 Å². The van der Waals surface area contributed by atoms with Crippen LogP contribution in [0.4, 0.5) is 0 Å². The van der Waals surface area contributed by atoms with Crippen molar-refractivity contribution in [1.82, 2.24) is 5.32 Å². The Morgan fingerprint density at radius 3 is 2.78 bits per heavy atom. The van der Waals surface area contributed by atoms with Crippen molar-refractivity contribution in [2.45, 2.75) is 20.3 Å². The standard InChI is InChI=1S/C12H18BrNO3S/c1-12(2,4-5-15)7-14-11(16)9-6-8(17-3)10(13)18-9/h6,15H,4-5,7H2,1-3H3,(H,14,16). The van der Waals surface area contributed by atoms with Crippen molar-refractivity contribution in [1.29, 1.82) is 0 Å². The van der Waals surface area contributed by atoms with E-state index in [2.05, 4.69) is 21.2 Å². The highest BCUT2D eigenvalue weighted by Crippen LogP contribution is 2.34. The molecule has 1 amide bonds. The topological polar surface area (TPSA) is 58.6 Å². The normalized spacial score (nSPS) is 11.4. The number of hydrogen-bond acceptors (Lipinski definition) is 4. The molecule has 102 valence electrons. The maximum atomic E-state index is 11.9. The molecule has 0 aliphatic rings. The molecule has 2 N–H and O–H groups in total. The summed E-state index contributed by atoms with van der Waals surface area (Å²) in [5.74, 6) is 0.551. The molecule has 6 heteroatoms. The fourth-order valence-corrected chi connectivity index (χ4v) is 2.97. The van der Waals surface area contributed by atoms with Gasteiger partial charge in [-0.1, -0.05) is 13.8 Å². The first-order valence-corrected chi connectivity index (χ1v) is 7.23. The van der Waals surface area contributed by atoms with Gasteiger partial charge in [0.15, 0.2) is 0 Å². The van der Waals surface area contributed by atoms with Crippen LogP contribution < -0.4 is 10.1 Å². The number of methoxy groups -OCH3 is 1. The Morgan fingerprint density at radius 2 is 2.28 bits per heavy atom. The third-order valence-electron chi connectivity index (χ3n) is 2.62. The average molecular weight is 336 g/mol. The van der Waals surface area contributed by atoms with Crippen LogP contribution in [-0.2, 0) is 0 Å². The molecule has 0 fully saturated rings. The van der Waals surface area contributed by atoms with Crippen LogP contribution >= 0.6 is 27.3 Å². The Hall–Kier alpha value is -0.590. The van der Waals surface area contributed by atoms with Gasteiger partial charge in [-0.05, 0) is 27.8 Å². The summed E-state index contributed by atoms with van der Waals surface area (Å²) >= 11 is 4.68. The second-order valence-corrected chi connectivity index (χ2v) is 7.14. The molecule has 1 rings (SSSR count). The number of ether oxygens (including phenoxy) is 1. The molecule has 1 aromatic rings. The Labute approximate surface area is 119 Å². The number of aliphatic hydroxyl groups excluding tert-OH is 1. The third kappa shape index (κ3) is 4.26. The summed E-state index contributed by atoms with van der Waals surface area (Å²) in [6.07, 6.45) is 0.657. The summed E-state index contributed by atoms with van der Waals surface area (Å²) in [6, 6.07) is 1.71. The first kappa shape index (κ1) is 15.5. The van der Waals surface area contributed by atoms with Crippen molar-refractivity contribution in [3.8, 4) is 5.75 Å². The van der Waals surface area contributed by atoms with Gasteiger partial charge < -0.3 is 15.2 Å². The van der Waals surface area contributed by atoms with E-state index >= 15 is 0 Å². The second-order valence-electron chi connectivity index (χ2n) is 4.77. The van der Waals surface area contributed by atoms with Crippen molar-refractivity contribution < 1.29 is 14.6 Å². The Morgan fingerprint density at radius 1 is 1.61 bits per heavy atom. The number of carbonyl (C=O) groups excluding carboxylic acids is 1. The van der Waals surface area contributed by atoms with E-state index in [1.54, 1.807) is 13.2 Å². The van der Waals surface area contributed by atoms with Crippen LogP contribution in [0.2, 0.25) is 0 Å². The van der Waals surface area contributed by atoms with Gasteiger partial charge in [0.1, 0.15) is 9.54 Å². The zero-order valence-electron chi connectivity index (χ0n) is 10.7. The van der Waals surface area contributed by atoms with Crippen molar-refractivity contribution in [2.24, 2.45) is 5.41 Å². The molecule has 0 spiro atoms. The van der Waals surface area contributed by atoms with E-state index in [9.17, 15) is 4.79 Å². The van der Waals surface area contributed by atoms with Crippen LogP contribution in [0.1, 0.15) is 29.9 Å². The molecule has 1 aromatic heterocycles. The summed E-state index contributed by atoms with van der Waals surface area (Å²) in [5.41, 5.74) is -0.108. The summed E-state index contributed by atoms with van der Waals surface area (Å²) in [7, 11) is 1.57. The molecular formula is C12H18BrNO3S. The van der Waals surface area contributed by atoms with Crippen molar-refractivity contribution in [3.63, 3.8) is 0 Å². The van der Waals surface area contributed by atoms with Gasteiger partial charge in [0, 0.05) is 19.2 Å². The van der Waals surface area contributed by atoms with Crippen LogP contribution in [-0.4, -0.2) is 31.3 Å². The molecule has 18 heavy (non-hydrogen) atoms. The number of halogens is 1. The molecule has 0 saturated heterocycles. The van der Waals surface area contributed by atoms with Gasteiger partial charge in [0.05, 0.1) is 12.0 Å². The molecule has 0 aliphatic carbocycles. The molecule has 0 aliphatic heterocycles. The van der Waals surface area contributed by atoms with Crippen LogP contribution in [0.5, 0.6) is 5.75 Å². The van der Waals surface area contributed by atoms with Crippen LogP contribution in [0, 0.1) is 5.41 Å². The van der Waals surface area contributed by atoms with Gasteiger partial charge in [-0.25, -0.2) is 0 Å². The van der Waals surface area contributed by atoms with E-state index in [1.807, 2.05) is 13.8 Å². The Balaban J connectivity index is 2.60.